The van der Waals surface area contributed by atoms with Crippen LogP contribution in [0.1, 0.15) is 62.2 Å². The summed E-state index contributed by atoms with van der Waals surface area (Å²) in [6.45, 7) is 5.06. The molecule has 0 fully saturated rings. The predicted octanol–water partition coefficient (Wildman–Crippen LogP) is 1.83. The van der Waals surface area contributed by atoms with Crippen LogP contribution in [0.4, 0.5) is 4.39 Å². The summed E-state index contributed by atoms with van der Waals surface area (Å²) >= 11 is 0. The molecule has 10 nitrogen and oxygen atoms in total. The number of nitrogens with one attached hydrogen (secondary N) is 3. The SMILES string of the molecule is Cc1ccc(F)c([C@@H](C)[C@H](NS(=O)(=O)c2ccc3c(c2)C(=O)NC3=O)c2n[nH]c(=O)o2)c1C. The zero-order chi connectivity index (χ0) is 24.1. The maximum absolute atomic E-state index is 14.8. The molecule has 12 heteroatoms. The molecule has 2 heterocycles. The maximum Gasteiger partial charge on any atom is 0.434 e. The number of fused-ring (bicyclic) bond motifs is 1. The number of aromatic amines is 1. The summed E-state index contributed by atoms with van der Waals surface area (Å²) in [5.41, 5.74) is 1.60. The van der Waals surface area contributed by atoms with Crippen LogP contribution < -0.4 is 15.8 Å². The van der Waals surface area contributed by atoms with E-state index in [0.29, 0.717) is 5.56 Å². The van der Waals surface area contributed by atoms with Crippen LogP contribution in [0.15, 0.2) is 44.4 Å². The van der Waals surface area contributed by atoms with E-state index in [1.54, 1.807) is 26.8 Å². The second kappa shape index (κ2) is 8.05. The summed E-state index contributed by atoms with van der Waals surface area (Å²) in [4.78, 5) is 35.0. The van der Waals surface area contributed by atoms with Crippen molar-refractivity contribution in [3.05, 3.63) is 80.4 Å². The van der Waals surface area contributed by atoms with E-state index in [1.807, 2.05) is 0 Å². The van der Waals surface area contributed by atoms with Gasteiger partial charge in [0.2, 0.25) is 15.9 Å². The number of imide groups is 1. The quantitative estimate of drug-likeness (QED) is 0.461. The molecule has 0 unspecified atom stereocenters. The number of carbonyl (C=O) groups excluding carboxylic acids is 2. The Balaban J connectivity index is 1.78. The first-order valence-corrected chi connectivity index (χ1v) is 11.3. The first kappa shape index (κ1) is 22.6. The van der Waals surface area contributed by atoms with Crippen molar-refractivity contribution >= 4 is 21.8 Å². The van der Waals surface area contributed by atoms with E-state index in [-0.39, 0.29) is 27.5 Å². The van der Waals surface area contributed by atoms with Gasteiger partial charge in [0.15, 0.2) is 0 Å². The van der Waals surface area contributed by atoms with Crippen molar-refractivity contribution in [3.8, 4) is 0 Å². The topological polar surface area (TPSA) is 151 Å². The normalized spacial score (nSPS) is 15.3. The van der Waals surface area contributed by atoms with E-state index in [2.05, 4.69) is 20.2 Å². The van der Waals surface area contributed by atoms with Crippen LogP contribution in [0.25, 0.3) is 0 Å². The third-order valence-electron chi connectivity index (χ3n) is 5.71. The summed E-state index contributed by atoms with van der Waals surface area (Å²) in [7, 11) is -4.33. The van der Waals surface area contributed by atoms with Crippen LogP contribution in [0.2, 0.25) is 0 Å². The highest BCUT2D eigenvalue weighted by atomic mass is 32.2. The number of nitrogens with zero attached hydrogens (tertiary/aromatic N) is 1. The standard InChI is InChI=1S/C21H19FN4O6S/c1-9-4-7-15(22)16(10(9)2)11(3)17(20-24-25-21(29)32-20)26-33(30,31)12-5-6-13-14(8-12)19(28)23-18(13)27/h4-8,11,17,26H,1-3H3,(H,25,29)(H,23,27,28)/t11-,17+/m1/s1. The molecule has 172 valence electrons. The predicted molar refractivity (Wildman–Crippen MR) is 113 cm³/mol. The number of carbonyl (C=O) groups is 2. The summed E-state index contributed by atoms with van der Waals surface area (Å²) in [6.07, 6.45) is 0. The molecule has 2 amide bonds. The Kier molecular flexibility index (Phi) is 5.50. The molecule has 4 rings (SSSR count). The highest BCUT2D eigenvalue weighted by Crippen LogP contribution is 2.35. The molecular formula is C21H19FN4O6S. The third kappa shape index (κ3) is 3.98. The average Bonchev–Trinajstić information content (AvgIpc) is 3.31. The van der Waals surface area contributed by atoms with Gasteiger partial charge in [-0.25, -0.2) is 22.7 Å². The Morgan fingerprint density at radius 2 is 1.76 bits per heavy atom. The molecule has 2 atom stereocenters. The second-order valence-corrected chi connectivity index (χ2v) is 9.45. The Morgan fingerprint density at radius 3 is 2.42 bits per heavy atom. The van der Waals surface area contributed by atoms with E-state index in [9.17, 15) is 27.2 Å². The minimum Gasteiger partial charge on any atom is -0.391 e. The van der Waals surface area contributed by atoms with Gasteiger partial charge in [0.25, 0.3) is 11.8 Å². The number of hydrogen-bond acceptors (Lipinski definition) is 7. The third-order valence-corrected chi connectivity index (χ3v) is 7.15. The molecule has 2 aromatic carbocycles. The van der Waals surface area contributed by atoms with Crippen LogP contribution in [0.5, 0.6) is 0 Å². The Hall–Kier alpha value is -3.64. The van der Waals surface area contributed by atoms with Gasteiger partial charge in [0.1, 0.15) is 11.9 Å². The highest BCUT2D eigenvalue weighted by molar-refractivity contribution is 7.89. The molecule has 1 aliphatic rings. The fourth-order valence-corrected chi connectivity index (χ4v) is 5.12. The molecule has 0 saturated carbocycles. The molecule has 0 radical (unpaired) electrons. The van der Waals surface area contributed by atoms with E-state index in [1.165, 1.54) is 18.2 Å². The molecule has 3 N–H and O–H groups in total. The largest absolute Gasteiger partial charge is 0.434 e. The molecule has 1 aromatic heterocycles. The van der Waals surface area contributed by atoms with Gasteiger partial charge in [-0.05, 0) is 54.8 Å². The van der Waals surface area contributed by atoms with E-state index in [4.69, 9.17) is 4.42 Å². The second-order valence-electron chi connectivity index (χ2n) is 7.73. The van der Waals surface area contributed by atoms with Crippen LogP contribution >= 0.6 is 0 Å². The number of H-pyrrole nitrogens is 1. The zero-order valence-electron chi connectivity index (χ0n) is 17.7. The van der Waals surface area contributed by atoms with Gasteiger partial charge in [-0.2, -0.15) is 4.72 Å². The van der Waals surface area contributed by atoms with Gasteiger partial charge in [-0.1, -0.05) is 13.0 Å². The lowest BCUT2D eigenvalue weighted by molar-refractivity contribution is 0.0879. The first-order chi connectivity index (χ1) is 15.5. The number of halogens is 1. The fourth-order valence-electron chi connectivity index (χ4n) is 3.82. The van der Waals surface area contributed by atoms with E-state index >= 15 is 0 Å². The number of aromatic nitrogens is 2. The van der Waals surface area contributed by atoms with Crippen LogP contribution in [-0.2, 0) is 10.0 Å². The molecule has 0 spiro atoms. The van der Waals surface area contributed by atoms with Crippen molar-refractivity contribution in [2.75, 3.05) is 0 Å². The van der Waals surface area contributed by atoms with Crippen molar-refractivity contribution in [3.63, 3.8) is 0 Å². The van der Waals surface area contributed by atoms with E-state index < -0.39 is 45.4 Å². The van der Waals surface area contributed by atoms with Gasteiger partial charge in [-0.15, -0.1) is 5.10 Å². The smallest absolute Gasteiger partial charge is 0.391 e. The molecular weight excluding hydrogens is 455 g/mol. The van der Waals surface area contributed by atoms with Crippen LogP contribution in [-0.4, -0.2) is 30.4 Å². The van der Waals surface area contributed by atoms with Gasteiger partial charge < -0.3 is 4.42 Å². The van der Waals surface area contributed by atoms with Crippen molar-refractivity contribution in [2.45, 2.75) is 37.6 Å². The molecule has 0 bridgehead atoms. The zero-order valence-corrected chi connectivity index (χ0v) is 18.5. The number of hydrogen-bond donors (Lipinski definition) is 3. The van der Waals surface area contributed by atoms with Gasteiger partial charge in [-0.3, -0.25) is 14.9 Å². The number of benzene rings is 2. The lowest BCUT2D eigenvalue weighted by atomic mass is 9.88. The first-order valence-electron chi connectivity index (χ1n) is 9.82. The van der Waals surface area contributed by atoms with Gasteiger partial charge in [0.05, 0.1) is 16.0 Å². The highest BCUT2D eigenvalue weighted by Gasteiger charge is 2.35. The number of aryl methyl sites for hydroxylation is 1. The Morgan fingerprint density at radius 1 is 1.06 bits per heavy atom. The number of rotatable bonds is 6. The average molecular weight is 474 g/mol. The van der Waals surface area contributed by atoms with E-state index in [0.717, 1.165) is 11.6 Å². The van der Waals surface area contributed by atoms with Gasteiger partial charge >= 0.3 is 5.76 Å². The summed E-state index contributed by atoms with van der Waals surface area (Å²) < 4.78 is 48.6. The molecule has 0 saturated heterocycles. The van der Waals surface area contributed by atoms with Crippen molar-refractivity contribution in [1.29, 1.82) is 0 Å². The Labute approximate surface area is 187 Å². The summed E-state index contributed by atoms with van der Waals surface area (Å²) in [6, 6.07) is 5.07. The maximum atomic E-state index is 14.8. The fraction of sp³-hybridized carbons (Fsp3) is 0.238. The van der Waals surface area contributed by atoms with Crippen molar-refractivity contribution < 1.29 is 26.8 Å². The molecule has 1 aliphatic heterocycles. The number of sulfonamides is 1. The van der Waals surface area contributed by atoms with Crippen LogP contribution in [0, 0.1) is 19.7 Å². The van der Waals surface area contributed by atoms with Gasteiger partial charge in [0, 0.05) is 5.92 Å². The summed E-state index contributed by atoms with van der Waals surface area (Å²) in [5.74, 6) is -3.93. The lowest BCUT2D eigenvalue weighted by Crippen LogP contribution is -2.33. The lowest BCUT2D eigenvalue weighted by Gasteiger charge is -2.25. The minimum absolute atomic E-state index is 0.0552. The monoisotopic (exact) mass is 474 g/mol. The minimum atomic E-state index is -4.33. The summed E-state index contributed by atoms with van der Waals surface area (Å²) in [5, 5.41) is 7.90. The molecule has 33 heavy (non-hydrogen) atoms. The Bertz CT molecular complexity index is 1460. The molecule has 3 aromatic rings. The van der Waals surface area contributed by atoms with Crippen LogP contribution in [0.3, 0.4) is 0 Å². The van der Waals surface area contributed by atoms with Crippen molar-refractivity contribution in [2.24, 2.45) is 0 Å². The van der Waals surface area contributed by atoms with Crippen molar-refractivity contribution in [1.82, 2.24) is 20.2 Å². The number of amides is 2. The molecule has 0 aliphatic carbocycles.